The molecule has 6 nitrogen and oxygen atoms in total. The quantitative estimate of drug-likeness (QED) is 0.876. The Kier molecular flexibility index (Phi) is 2.26. The van der Waals surface area contributed by atoms with Crippen LogP contribution in [-0.2, 0) is 14.9 Å². The average Bonchev–Trinajstić information content (AvgIpc) is 2.86. The lowest BCUT2D eigenvalue weighted by Crippen LogP contribution is -2.67. The van der Waals surface area contributed by atoms with Crippen LogP contribution >= 0.6 is 27.3 Å². The van der Waals surface area contributed by atoms with Crippen LogP contribution in [0.4, 0.5) is 0 Å². The van der Waals surface area contributed by atoms with E-state index in [1.165, 1.54) is 6.07 Å². The fourth-order valence-corrected chi connectivity index (χ4v) is 4.73. The van der Waals surface area contributed by atoms with E-state index < -0.39 is 15.9 Å². The van der Waals surface area contributed by atoms with Crippen LogP contribution in [0.25, 0.3) is 0 Å². The molecule has 17 heavy (non-hydrogen) atoms. The molecular formula is C8H7BrN2O4S2. The van der Waals surface area contributed by atoms with Gasteiger partial charge >= 0.3 is 5.91 Å². The van der Waals surface area contributed by atoms with Gasteiger partial charge in [0, 0.05) is 0 Å². The number of hydrazine groups is 1. The van der Waals surface area contributed by atoms with Gasteiger partial charge in [-0.1, -0.05) is 6.07 Å². The molecule has 0 spiro atoms. The van der Waals surface area contributed by atoms with Crippen LogP contribution in [0, 0.1) is 0 Å². The third-order valence-electron chi connectivity index (χ3n) is 2.51. The van der Waals surface area contributed by atoms with Crippen LogP contribution in [0.5, 0.6) is 0 Å². The summed E-state index contributed by atoms with van der Waals surface area (Å²) < 4.78 is 25.7. The number of sulfonamides is 1. The Morgan fingerprint density at radius 3 is 2.71 bits per heavy atom. The third-order valence-corrected chi connectivity index (χ3v) is 6.67. The molecular weight excluding hydrogens is 332 g/mol. The van der Waals surface area contributed by atoms with E-state index in [4.69, 9.17) is 4.84 Å². The maximum Gasteiger partial charge on any atom is 0.321 e. The van der Waals surface area contributed by atoms with Crippen molar-refractivity contribution in [3.63, 3.8) is 0 Å². The summed E-state index contributed by atoms with van der Waals surface area (Å²) in [5.41, 5.74) is 0.507. The summed E-state index contributed by atoms with van der Waals surface area (Å²) in [4.78, 5) is 4.98. The molecule has 1 aromatic heterocycles. The van der Waals surface area contributed by atoms with Crippen molar-refractivity contribution in [1.29, 1.82) is 0 Å². The van der Waals surface area contributed by atoms with Crippen molar-refractivity contribution in [3.05, 3.63) is 27.7 Å². The van der Waals surface area contributed by atoms with Crippen LogP contribution in [0.15, 0.2) is 31.9 Å². The first kappa shape index (κ1) is 11.6. The lowest BCUT2D eigenvalue weighted by molar-refractivity contribution is -0.496. The first-order chi connectivity index (χ1) is 7.89. The second-order valence-corrected chi connectivity index (χ2v) is 7.29. The first-order valence-electron chi connectivity index (χ1n) is 4.56. The molecule has 0 aromatic carbocycles. The van der Waals surface area contributed by atoms with E-state index in [0.29, 0.717) is 10.2 Å². The number of hydroxylamine groups is 1. The Bertz CT molecular complexity index is 611. The lowest BCUT2D eigenvalue weighted by Gasteiger charge is -2.46. The van der Waals surface area contributed by atoms with Crippen molar-refractivity contribution in [2.75, 3.05) is 0 Å². The van der Waals surface area contributed by atoms with Gasteiger partial charge in [0.1, 0.15) is 4.21 Å². The highest BCUT2D eigenvalue weighted by Gasteiger charge is 2.68. The molecule has 1 unspecified atom stereocenters. The van der Waals surface area contributed by atoms with E-state index in [0.717, 1.165) is 20.9 Å². The summed E-state index contributed by atoms with van der Waals surface area (Å²) in [6, 6.07) is 3.11. The summed E-state index contributed by atoms with van der Waals surface area (Å²) in [5.74, 6) is -1.94. The van der Waals surface area contributed by atoms with E-state index in [-0.39, 0.29) is 4.21 Å². The largest absolute Gasteiger partial charge is 0.345 e. The standard InChI is InChI=1S/C8H7BrN2O4S2/c1-5-7(9)8(12)11(10(5)15-8)17(13,14)6-3-2-4-16-6/h2-4,12H,1H3. The van der Waals surface area contributed by atoms with Crippen LogP contribution in [0.3, 0.4) is 0 Å². The number of hydrogen-bond acceptors (Lipinski definition) is 6. The van der Waals surface area contributed by atoms with Gasteiger partial charge in [-0.15, -0.1) is 11.3 Å². The SMILES string of the molecule is CC1=C(Br)C2(O)ON1N2S(=O)(=O)c1cccs1. The fourth-order valence-electron chi connectivity index (χ4n) is 1.69. The molecule has 1 N–H and O–H groups in total. The van der Waals surface area contributed by atoms with E-state index in [9.17, 15) is 13.5 Å². The molecule has 4 rings (SSSR count). The maximum absolute atomic E-state index is 12.2. The smallest absolute Gasteiger partial charge is 0.321 e. The second-order valence-electron chi connectivity index (χ2n) is 3.55. The zero-order valence-corrected chi connectivity index (χ0v) is 11.7. The first-order valence-corrected chi connectivity index (χ1v) is 7.67. The van der Waals surface area contributed by atoms with Crippen LogP contribution in [-0.4, -0.2) is 29.0 Å². The normalized spacial score (nSPS) is 28.8. The number of hydrogen-bond donors (Lipinski definition) is 1. The van der Waals surface area contributed by atoms with Gasteiger partial charge in [-0.3, -0.25) is 0 Å². The zero-order chi connectivity index (χ0) is 12.4. The summed E-state index contributed by atoms with van der Waals surface area (Å²) in [6.07, 6.45) is 0. The number of aliphatic hydroxyl groups is 1. The Morgan fingerprint density at radius 2 is 2.29 bits per heavy atom. The van der Waals surface area contributed by atoms with Crippen molar-refractivity contribution < 1.29 is 18.4 Å². The summed E-state index contributed by atoms with van der Waals surface area (Å²) >= 11 is 4.21. The molecule has 9 heteroatoms. The van der Waals surface area contributed by atoms with E-state index in [2.05, 4.69) is 15.9 Å². The maximum atomic E-state index is 12.2. The number of rotatable bonds is 2. The predicted molar refractivity (Wildman–Crippen MR) is 62.8 cm³/mol. The molecule has 3 aliphatic rings. The Labute approximate surface area is 110 Å². The Balaban J connectivity index is 2.06. The molecule has 0 radical (unpaired) electrons. The van der Waals surface area contributed by atoms with E-state index in [1.54, 1.807) is 18.4 Å². The minimum atomic E-state index is -3.79. The molecule has 1 fully saturated rings. The zero-order valence-electron chi connectivity index (χ0n) is 8.49. The van der Waals surface area contributed by atoms with Crippen molar-refractivity contribution in [3.8, 4) is 0 Å². The highest BCUT2D eigenvalue weighted by Crippen LogP contribution is 2.53. The number of thiophene rings is 1. The number of allylic oxidation sites excluding steroid dienone is 1. The molecule has 3 aliphatic heterocycles. The van der Waals surface area contributed by atoms with Gasteiger partial charge in [-0.05, 0) is 38.7 Å². The summed E-state index contributed by atoms with van der Waals surface area (Å²) in [7, 11) is -3.79. The fraction of sp³-hybridized carbons (Fsp3) is 0.250. The predicted octanol–water partition coefficient (Wildman–Crippen LogP) is 1.19. The van der Waals surface area contributed by atoms with Crippen molar-refractivity contribution in [1.82, 2.24) is 9.59 Å². The Morgan fingerprint density at radius 1 is 1.59 bits per heavy atom. The van der Waals surface area contributed by atoms with Gasteiger partial charge in [0.2, 0.25) is 0 Å². The van der Waals surface area contributed by atoms with Crippen molar-refractivity contribution >= 4 is 37.3 Å². The topological polar surface area (TPSA) is 70.1 Å². The van der Waals surface area contributed by atoms with Crippen LogP contribution in [0.1, 0.15) is 6.92 Å². The van der Waals surface area contributed by atoms with Gasteiger partial charge in [0.05, 0.1) is 10.2 Å². The van der Waals surface area contributed by atoms with Crippen LogP contribution in [0.2, 0.25) is 0 Å². The van der Waals surface area contributed by atoms with Crippen LogP contribution < -0.4 is 0 Å². The third kappa shape index (κ3) is 1.26. The molecule has 1 saturated heterocycles. The minimum Gasteiger partial charge on any atom is -0.345 e. The summed E-state index contributed by atoms with van der Waals surface area (Å²) in [5, 5.41) is 12.8. The van der Waals surface area contributed by atoms with Gasteiger partial charge in [0.15, 0.2) is 0 Å². The monoisotopic (exact) mass is 338 g/mol. The molecule has 2 bridgehead atoms. The highest BCUT2D eigenvalue weighted by atomic mass is 79.9. The molecule has 4 heterocycles. The second kappa shape index (κ2) is 3.31. The molecule has 1 atom stereocenters. The van der Waals surface area contributed by atoms with Crippen molar-refractivity contribution in [2.24, 2.45) is 0 Å². The minimum absolute atomic E-state index is 0.152. The average molecular weight is 339 g/mol. The molecule has 0 saturated carbocycles. The number of nitrogens with zero attached hydrogens (tertiary/aromatic N) is 2. The van der Waals surface area contributed by atoms with Gasteiger partial charge in [0.25, 0.3) is 10.0 Å². The van der Waals surface area contributed by atoms with Crippen molar-refractivity contribution in [2.45, 2.75) is 17.0 Å². The van der Waals surface area contributed by atoms with Gasteiger partial charge < -0.3 is 5.11 Å². The molecule has 0 amide bonds. The van der Waals surface area contributed by atoms with E-state index >= 15 is 0 Å². The van der Waals surface area contributed by atoms with Gasteiger partial charge in [-0.25, -0.2) is 8.42 Å². The molecule has 0 aliphatic carbocycles. The van der Waals surface area contributed by atoms with E-state index in [1.807, 2.05) is 0 Å². The Hall–Kier alpha value is -0.450. The van der Waals surface area contributed by atoms with Gasteiger partial charge in [-0.2, -0.15) is 10.0 Å². The highest BCUT2D eigenvalue weighted by molar-refractivity contribution is 9.11. The lowest BCUT2D eigenvalue weighted by atomic mass is 10.4. The number of halogens is 1. The molecule has 1 aromatic rings. The molecule has 92 valence electrons. The summed E-state index contributed by atoms with van der Waals surface area (Å²) in [6.45, 7) is 1.64.